The predicted molar refractivity (Wildman–Crippen MR) is 122 cm³/mol. The van der Waals surface area contributed by atoms with Crippen LogP contribution in [0.5, 0.6) is 5.75 Å². The van der Waals surface area contributed by atoms with Gasteiger partial charge >= 0.3 is 0 Å². The Morgan fingerprint density at radius 3 is 2.29 bits per heavy atom. The number of nitrogens with one attached hydrogen (secondary N) is 2. The van der Waals surface area contributed by atoms with E-state index < -0.39 is 10.0 Å². The van der Waals surface area contributed by atoms with Crippen molar-refractivity contribution in [2.24, 2.45) is 0 Å². The second kappa shape index (κ2) is 10.4. The average Bonchev–Trinajstić information content (AvgIpc) is 2.78. The lowest BCUT2D eigenvalue weighted by Crippen LogP contribution is -2.18. The van der Waals surface area contributed by atoms with Crippen molar-refractivity contribution < 1.29 is 17.9 Å². The minimum absolute atomic E-state index is 0.128. The summed E-state index contributed by atoms with van der Waals surface area (Å²) in [7, 11) is -2.09. The standard InChI is InChI=1S/C23H23ClN2O4S/c1-25-31(28,29)21-13-6-17(7-14-21)8-15-23(27)26-19-9-11-20(12-10-19)30-16-18-4-2-3-5-22(18)24/h2-7,9-14,25H,8,15-16H2,1H3,(H,26,27). The molecule has 0 saturated heterocycles. The van der Waals surface area contributed by atoms with E-state index in [0.29, 0.717) is 29.5 Å². The summed E-state index contributed by atoms with van der Waals surface area (Å²) >= 11 is 6.12. The van der Waals surface area contributed by atoms with E-state index >= 15 is 0 Å². The van der Waals surface area contributed by atoms with Crippen molar-refractivity contribution in [3.63, 3.8) is 0 Å². The molecular weight excluding hydrogens is 436 g/mol. The number of aryl methyl sites for hydroxylation is 1. The molecule has 0 heterocycles. The quantitative estimate of drug-likeness (QED) is 0.497. The largest absolute Gasteiger partial charge is 0.489 e. The number of ether oxygens (including phenoxy) is 1. The second-order valence-corrected chi connectivity index (χ2v) is 9.10. The minimum Gasteiger partial charge on any atom is -0.489 e. The summed E-state index contributed by atoms with van der Waals surface area (Å²) in [6.07, 6.45) is 0.785. The molecule has 3 aromatic carbocycles. The maximum atomic E-state index is 12.2. The second-order valence-electron chi connectivity index (χ2n) is 6.80. The molecule has 0 unspecified atom stereocenters. The molecule has 1 amide bonds. The van der Waals surface area contributed by atoms with Gasteiger partial charge < -0.3 is 10.1 Å². The molecular formula is C23H23ClN2O4S. The first kappa shape index (κ1) is 22.8. The van der Waals surface area contributed by atoms with Crippen LogP contribution in [0.15, 0.2) is 77.7 Å². The van der Waals surface area contributed by atoms with E-state index in [1.54, 1.807) is 36.4 Å². The summed E-state index contributed by atoms with van der Waals surface area (Å²) in [5.41, 5.74) is 2.46. The molecule has 162 valence electrons. The van der Waals surface area contributed by atoms with Gasteiger partial charge in [-0.05, 0) is 61.5 Å². The summed E-state index contributed by atoms with van der Waals surface area (Å²) in [5, 5.41) is 3.50. The third-order valence-corrected chi connectivity index (χ3v) is 6.43. The molecule has 0 radical (unpaired) electrons. The van der Waals surface area contributed by atoms with Crippen molar-refractivity contribution in [2.45, 2.75) is 24.3 Å². The highest BCUT2D eigenvalue weighted by Gasteiger charge is 2.11. The van der Waals surface area contributed by atoms with Gasteiger partial charge in [0.1, 0.15) is 12.4 Å². The molecule has 0 aromatic heterocycles. The van der Waals surface area contributed by atoms with E-state index in [1.165, 1.54) is 19.2 Å². The molecule has 31 heavy (non-hydrogen) atoms. The molecule has 0 spiro atoms. The minimum atomic E-state index is -3.46. The van der Waals surface area contributed by atoms with E-state index in [9.17, 15) is 13.2 Å². The van der Waals surface area contributed by atoms with Crippen LogP contribution in [-0.4, -0.2) is 21.4 Å². The van der Waals surface area contributed by atoms with Crippen LogP contribution in [0, 0.1) is 0 Å². The molecule has 2 N–H and O–H groups in total. The van der Waals surface area contributed by atoms with Gasteiger partial charge in [-0.25, -0.2) is 13.1 Å². The zero-order valence-corrected chi connectivity index (χ0v) is 18.5. The Hall–Kier alpha value is -2.87. The van der Waals surface area contributed by atoms with Gasteiger partial charge in [-0.3, -0.25) is 4.79 Å². The third-order valence-electron chi connectivity index (χ3n) is 4.63. The zero-order valence-electron chi connectivity index (χ0n) is 17.0. The molecule has 0 saturated carbocycles. The Morgan fingerprint density at radius 1 is 0.968 bits per heavy atom. The Kier molecular flexibility index (Phi) is 7.68. The van der Waals surface area contributed by atoms with Crippen LogP contribution in [0.25, 0.3) is 0 Å². The van der Waals surface area contributed by atoms with Crippen LogP contribution >= 0.6 is 11.6 Å². The first-order valence-electron chi connectivity index (χ1n) is 9.66. The fourth-order valence-corrected chi connectivity index (χ4v) is 3.77. The number of carbonyl (C=O) groups excluding carboxylic acids is 1. The molecule has 0 fully saturated rings. The molecule has 0 aliphatic carbocycles. The van der Waals surface area contributed by atoms with Gasteiger partial charge in [-0.15, -0.1) is 0 Å². The maximum Gasteiger partial charge on any atom is 0.240 e. The monoisotopic (exact) mass is 458 g/mol. The van der Waals surface area contributed by atoms with E-state index in [1.807, 2.05) is 24.3 Å². The van der Waals surface area contributed by atoms with Gasteiger partial charge in [-0.1, -0.05) is 41.9 Å². The SMILES string of the molecule is CNS(=O)(=O)c1ccc(CCC(=O)Nc2ccc(OCc3ccccc3Cl)cc2)cc1. The zero-order chi connectivity index (χ0) is 22.3. The van der Waals surface area contributed by atoms with E-state index in [4.69, 9.17) is 16.3 Å². The first-order valence-corrected chi connectivity index (χ1v) is 11.5. The summed E-state index contributed by atoms with van der Waals surface area (Å²) in [5.74, 6) is 0.547. The number of carbonyl (C=O) groups is 1. The van der Waals surface area contributed by atoms with Crippen molar-refractivity contribution in [1.82, 2.24) is 4.72 Å². The Morgan fingerprint density at radius 2 is 1.65 bits per heavy atom. The van der Waals surface area contributed by atoms with Crippen molar-refractivity contribution in [2.75, 3.05) is 12.4 Å². The summed E-state index contributed by atoms with van der Waals surface area (Å²) in [4.78, 5) is 12.4. The average molecular weight is 459 g/mol. The number of amides is 1. The molecule has 0 aliphatic heterocycles. The molecule has 0 bridgehead atoms. The summed E-state index contributed by atoms with van der Waals surface area (Å²) in [6, 6.07) is 21.1. The highest BCUT2D eigenvalue weighted by atomic mass is 35.5. The predicted octanol–water partition coefficient (Wildman–Crippen LogP) is 4.40. The van der Waals surface area contributed by atoms with Crippen LogP contribution in [0.4, 0.5) is 5.69 Å². The number of hydrogen-bond acceptors (Lipinski definition) is 4. The number of benzene rings is 3. The number of rotatable bonds is 9. The van der Waals surface area contributed by atoms with Crippen molar-refractivity contribution in [3.05, 3.63) is 88.9 Å². The smallest absolute Gasteiger partial charge is 0.240 e. The topological polar surface area (TPSA) is 84.5 Å². The van der Waals surface area contributed by atoms with Crippen molar-refractivity contribution >= 4 is 33.2 Å². The van der Waals surface area contributed by atoms with E-state index in [2.05, 4.69) is 10.0 Å². The normalized spacial score (nSPS) is 11.2. The Bertz CT molecular complexity index is 1130. The van der Waals surface area contributed by atoms with Gasteiger partial charge in [0.15, 0.2) is 0 Å². The van der Waals surface area contributed by atoms with Gasteiger partial charge in [0.25, 0.3) is 0 Å². The molecule has 8 heteroatoms. The number of halogens is 1. The molecule has 3 aromatic rings. The number of anilines is 1. The van der Waals surface area contributed by atoms with Crippen molar-refractivity contribution in [3.8, 4) is 5.75 Å². The van der Waals surface area contributed by atoms with Crippen LogP contribution in [0.2, 0.25) is 5.02 Å². The van der Waals surface area contributed by atoms with E-state index in [-0.39, 0.29) is 17.2 Å². The van der Waals surface area contributed by atoms with Crippen LogP contribution < -0.4 is 14.8 Å². The Labute approximate surface area is 187 Å². The number of hydrogen-bond donors (Lipinski definition) is 2. The Balaban J connectivity index is 1.48. The van der Waals surface area contributed by atoms with Crippen molar-refractivity contribution in [1.29, 1.82) is 0 Å². The lowest BCUT2D eigenvalue weighted by molar-refractivity contribution is -0.116. The third kappa shape index (κ3) is 6.55. The molecule has 0 atom stereocenters. The molecule has 0 aliphatic rings. The van der Waals surface area contributed by atoms with Gasteiger partial charge in [0.2, 0.25) is 15.9 Å². The lowest BCUT2D eigenvalue weighted by atomic mass is 10.1. The van der Waals surface area contributed by atoms with Gasteiger partial charge in [0, 0.05) is 22.7 Å². The highest BCUT2D eigenvalue weighted by Crippen LogP contribution is 2.20. The summed E-state index contributed by atoms with van der Waals surface area (Å²) in [6.45, 7) is 0.361. The first-order chi connectivity index (χ1) is 14.9. The van der Waals surface area contributed by atoms with Gasteiger partial charge in [0.05, 0.1) is 4.90 Å². The lowest BCUT2D eigenvalue weighted by Gasteiger charge is -2.09. The van der Waals surface area contributed by atoms with E-state index in [0.717, 1.165) is 11.1 Å². The maximum absolute atomic E-state index is 12.2. The summed E-state index contributed by atoms with van der Waals surface area (Å²) < 4.78 is 31.5. The van der Waals surface area contributed by atoms with Crippen LogP contribution in [-0.2, 0) is 27.8 Å². The van der Waals surface area contributed by atoms with Crippen LogP contribution in [0.3, 0.4) is 0 Å². The molecule has 6 nitrogen and oxygen atoms in total. The van der Waals surface area contributed by atoms with Gasteiger partial charge in [-0.2, -0.15) is 0 Å². The highest BCUT2D eigenvalue weighted by molar-refractivity contribution is 7.89. The van der Waals surface area contributed by atoms with Crippen LogP contribution in [0.1, 0.15) is 17.5 Å². The fraction of sp³-hybridized carbons (Fsp3) is 0.174. The molecule has 3 rings (SSSR count). The number of sulfonamides is 1. The fourth-order valence-electron chi connectivity index (χ4n) is 2.85.